The molecule has 144 valence electrons. The van der Waals surface area contributed by atoms with Crippen molar-refractivity contribution in [2.24, 2.45) is 11.8 Å². The Kier molecular flexibility index (Phi) is 5.48. The maximum absolute atomic E-state index is 13.4. The molecule has 1 heterocycles. The minimum atomic E-state index is -0.547. The Morgan fingerprint density at radius 3 is 2.78 bits per heavy atom. The molecule has 0 spiro atoms. The van der Waals surface area contributed by atoms with E-state index >= 15 is 0 Å². The third-order valence-corrected chi connectivity index (χ3v) is 5.84. The molecule has 3 N–H and O–H groups in total. The number of hydrogen-bond donors (Lipinski definition) is 3. The molecule has 0 amide bonds. The Bertz CT molecular complexity index is 784. The highest BCUT2D eigenvalue weighted by Crippen LogP contribution is 2.38. The number of halogens is 1. The summed E-state index contributed by atoms with van der Waals surface area (Å²) < 4.78 is 13.4. The summed E-state index contributed by atoms with van der Waals surface area (Å²) in [5.74, 6) is 1.04. The predicted octanol–water partition coefficient (Wildman–Crippen LogP) is 2.18. The molecule has 4 rings (SSSR count). The summed E-state index contributed by atoms with van der Waals surface area (Å²) in [4.78, 5) is 9.08. The van der Waals surface area contributed by atoms with E-state index in [9.17, 15) is 14.6 Å². The van der Waals surface area contributed by atoms with Crippen molar-refractivity contribution in [3.8, 4) is 0 Å². The van der Waals surface area contributed by atoms with Crippen LogP contribution in [0.5, 0.6) is 0 Å². The molecule has 2 saturated carbocycles. The van der Waals surface area contributed by atoms with Gasteiger partial charge in [0.25, 0.3) is 0 Å². The number of aliphatic hydroxyl groups is 2. The van der Waals surface area contributed by atoms with E-state index in [1.54, 1.807) is 6.07 Å². The van der Waals surface area contributed by atoms with Crippen LogP contribution < -0.4 is 5.32 Å². The minimum Gasteiger partial charge on any atom is -0.396 e. The van der Waals surface area contributed by atoms with Crippen LogP contribution in [0.1, 0.15) is 42.3 Å². The lowest BCUT2D eigenvalue weighted by Gasteiger charge is -2.25. The van der Waals surface area contributed by atoms with E-state index in [-0.39, 0.29) is 30.3 Å². The summed E-state index contributed by atoms with van der Waals surface area (Å²) in [5.41, 5.74) is 1.83. The summed E-state index contributed by atoms with van der Waals surface area (Å²) >= 11 is 0. The van der Waals surface area contributed by atoms with Gasteiger partial charge in [0.2, 0.25) is 0 Å². The standard InChI is InChI=1S/C21H26FN3O2/c22-15-3-1-2-13(8-15)11-24-19-10-20(27)18(12-26)17(19)9-16-6-7-23-21(25-16)14-4-5-14/h1-3,6-8,14,17-20,24,26-27H,4-5,9-12H2/t17-,18-,19-,20-/m1/s1. The van der Waals surface area contributed by atoms with Crippen molar-refractivity contribution >= 4 is 0 Å². The second kappa shape index (κ2) is 8.00. The van der Waals surface area contributed by atoms with Gasteiger partial charge in [-0.3, -0.25) is 0 Å². The van der Waals surface area contributed by atoms with Crippen LogP contribution in [0.15, 0.2) is 36.5 Å². The predicted molar refractivity (Wildman–Crippen MR) is 99.4 cm³/mol. The van der Waals surface area contributed by atoms with Gasteiger partial charge < -0.3 is 15.5 Å². The molecule has 2 aliphatic rings. The van der Waals surface area contributed by atoms with Crippen LogP contribution in [0.25, 0.3) is 0 Å². The average molecular weight is 371 g/mol. The van der Waals surface area contributed by atoms with Gasteiger partial charge in [-0.15, -0.1) is 0 Å². The second-order valence-corrected chi connectivity index (χ2v) is 7.82. The van der Waals surface area contributed by atoms with Gasteiger partial charge >= 0.3 is 0 Å². The lowest BCUT2D eigenvalue weighted by Crippen LogP contribution is -2.36. The summed E-state index contributed by atoms with van der Waals surface area (Å²) in [5, 5.41) is 23.7. The largest absolute Gasteiger partial charge is 0.396 e. The number of nitrogens with zero attached hydrogens (tertiary/aromatic N) is 2. The Balaban J connectivity index is 1.47. The third kappa shape index (κ3) is 4.34. The number of aromatic nitrogens is 2. The maximum atomic E-state index is 13.4. The van der Waals surface area contributed by atoms with Crippen LogP contribution in [-0.4, -0.2) is 38.9 Å². The van der Waals surface area contributed by atoms with Crippen molar-refractivity contribution in [3.05, 3.63) is 59.4 Å². The quantitative estimate of drug-likeness (QED) is 0.695. The Morgan fingerprint density at radius 2 is 2.04 bits per heavy atom. The van der Waals surface area contributed by atoms with E-state index in [4.69, 9.17) is 4.98 Å². The van der Waals surface area contributed by atoms with Gasteiger partial charge in [-0.05, 0) is 55.4 Å². The number of aliphatic hydroxyl groups excluding tert-OH is 2. The normalized spacial score (nSPS) is 27.8. The molecule has 0 aliphatic heterocycles. The van der Waals surface area contributed by atoms with Gasteiger partial charge in [-0.2, -0.15) is 0 Å². The molecule has 0 unspecified atom stereocenters. The molecule has 5 nitrogen and oxygen atoms in total. The van der Waals surface area contributed by atoms with Gasteiger partial charge in [-0.1, -0.05) is 12.1 Å². The molecule has 6 heteroatoms. The monoisotopic (exact) mass is 371 g/mol. The van der Waals surface area contributed by atoms with Crippen LogP contribution in [0.2, 0.25) is 0 Å². The third-order valence-electron chi connectivity index (χ3n) is 5.84. The van der Waals surface area contributed by atoms with Crippen molar-refractivity contribution in [1.82, 2.24) is 15.3 Å². The molecule has 4 atom stereocenters. The van der Waals surface area contributed by atoms with Gasteiger partial charge in [0.1, 0.15) is 11.6 Å². The van der Waals surface area contributed by atoms with E-state index in [1.165, 1.54) is 12.1 Å². The van der Waals surface area contributed by atoms with Gasteiger partial charge in [0.15, 0.2) is 0 Å². The summed E-state index contributed by atoms with van der Waals surface area (Å²) in [6.45, 7) is 0.478. The van der Waals surface area contributed by atoms with Crippen LogP contribution in [0.3, 0.4) is 0 Å². The van der Waals surface area contributed by atoms with E-state index in [1.807, 2.05) is 18.3 Å². The average Bonchev–Trinajstić information content (AvgIpc) is 3.46. The Hall–Kier alpha value is -1.89. The van der Waals surface area contributed by atoms with Crippen molar-refractivity contribution in [3.63, 3.8) is 0 Å². The first-order valence-corrected chi connectivity index (χ1v) is 9.72. The highest BCUT2D eigenvalue weighted by atomic mass is 19.1. The van der Waals surface area contributed by atoms with E-state index < -0.39 is 6.10 Å². The van der Waals surface area contributed by atoms with E-state index in [0.29, 0.717) is 25.3 Å². The molecule has 2 aliphatic carbocycles. The molecular formula is C21H26FN3O2. The van der Waals surface area contributed by atoms with Gasteiger partial charge in [0, 0.05) is 42.9 Å². The lowest BCUT2D eigenvalue weighted by molar-refractivity contribution is 0.0716. The van der Waals surface area contributed by atoms with Crippen molar-refractivity contribution in [2.75, 3.05) is 6.61 Å². The van der Waals surface area contributed by atoms with Crippen molar-refractivity contribution in [1.29, 1.82) is 0 Å². The maximum Gasteiger partial charge on any atom is 0.131 e. The van der Waals surface area contributed by atoms with Crippen molar-refractivity contribution < 1.29 is 14.6 Å². The molecule has 1 aromatic heterocycles. The molecule has 2 fully saturated rings. The van der Waals surface area contributed by atoms with Crippen LogP contribution in [0.4, 0.5) is 4.39 Å². The van der Waals surface area contributed by atoms with E-state index in [0.717, 1.165) is 29.9 Å². The topological polar surface area (TPSA) is 78.3 Å². The zero-order valence-corrected chi connectivity index (χ0v) is 15.3. The fourth-order valence-electron chi connectivity index (χ4n) is 4.18. The van der Waals surface area contributed by atoms with Crippen molar-refractivity contribution in [2.45, 2.75) is 50.3 Å². The number of benzene rings is 1. The SMILES string of the molecule is OC[C@@H]1[C@@H](Cc2ccnc(C3CC3)n2)[C@H](NCc2cccc(F)c2)C[C@H]1O. The van der Waals surface area contributed by atoms with Crippen LogP contribution in [-0.2, 0) is 13.0 Å². The summed E-state index contributed by atoms with van der Waals surface area (Å²) in [7, 11) is 0. The fraction of sp³-hybridized carbons (Fsp3) is 0.524. The second-order valence-electron chi connectivity index (χ2n) is 7.82. The smallest absolute Gasteiger partial charge is 0.131 e. The first-order valence-electron chi connectivity index (χ1n) is 9.72. The van der Waals surface area contributed by atoms with Crippen LogP contribution >= 0.6 is 0 Å². The molecule has 0 saturated heterocycles. The summed E-state index contributed by atoms with van der Waals surface area (Å²) in [6.07, 6.45) is 4.84. The molecule has 0 bridgehead atoms. The molecule has 1 aromatic carbocycles. The molecular weight excluding hydrogens is 345 g/mol. The first-order chi connectivity index (χ1) is 13.1. The summed E-state index contributed by atoms with van der Waals surface area (Å²) in [6, 6.07) is 8.49. The number of nitrogens with one attached hydrogen (secondary N) is 1. The highest BCUT2D eigenvalue weighted by Gasteiger charge is 2.42. The fourth-order valence-corrected chi connectivity index (χ4v) is 4.18. The minimum absolute atomic E-state index is 0.0414. The zero-order valence-electron chi connectivity index (χ0n) is 15.3. The molecule has 0 radical (unpaired) electrons. The number of hydrogen-bond acceptors (Lipinski definition) is 5. The Labute approximate surface area is 158 Å². The zero-order chi connectivity index (χ0) is 18.8. The van der Waals surface area contributed by atoms with Crippen LogP contribution in [0, 0.1) is 17.7 Å². The van der Waals surface area contributed by atoms with Gasteiger partial charge in [-0.25, -0.2) is 14.4 Å². The first kappa shape index (κ1) is 18.5. The Morgan fingerprint density at radius 1 is 1.19 bits per heavy atom. The lowest BCUT2D eigenvalue weighted by atomic mass is 9.88. The molecule has 2 aromatic rings. The highest BCUT2D eigenvalue weighted by molar-refractivity contribution is 5.17. The van der Waals surface area contributed by atoms with Gasteiger partial charge in [0.05, 0.1) is 6.10 Å². The molecule has 27 heavy (non-hydrogen) atoms. The van der Waals surface area contributed by atoms with E-state index in [2.05, 4.69) is 10.3 Å². The number of rotatable bonds is 7.